The topological polar surface area (TPSA) is 47.7 Å². The zero-order valence-electron chi connectivity index (χ0n) is 23.5. The zero-order chi connectivity index (χ0) is 28.5. The monoisotopic (exact) mass is 567 g/mol. The molecule has 0 amide bonds. The first-order valence-corrected chi connectivity index (χ1v) is 15.0. The van der Waals surface area contributed by atoms with Gasteiger partial charge in [0.15, 0.2) is 18.1 Å². The minimum Gasteiger partial charge on any atom is -0.464 e. The summed E-state index contributed by atoms with van der Waals surface area (Å²) in [6, 6.07) is 30.1. The quantitative estimate of drug-likeness (QED) is 0.195. The third kappa shape index (κ3) is 2.77. The molecule has 0 atom stereocenters. The van der Waals surface area contributed by atoms with Crippen LogP contribution in [0.25, 0.3) is 99.7 Å². The number of furan rings is 3. The van der Waals surface area contributed by atoms with Gasteiger partial charge in [-0.25, -0.2) is 0 Å². The molecule has 206 valence electrons. The fourth-order valence-electron chi connectivity index (χ4n) is 7.78. The summed E-state index contributed by atoms with van der Waals surface area (Å²) in [5, 5.41) is 9.48. The molecule has 0 fully saturated rings. The lowest BCUT2D eigenvalue weighted by molar-refractivity contribution is -0.577. The normalized spacial score (nSPS) is 13.6. The van der Waals surface area contributed by atoms with Gasteiger partial charge in [0.05, 0.1) is 34.5 Å². The predicted molar refractivity (Wildman–Crippen MR) is 175 cm³/mol. The van der Waals surface area contributed by atoms with Gasteiger partial charge in [-0.3, -0.25) is 0 Å². The molecule has 1 aliphatic heterocycles. The first-order valence-electron chi connectivity index (χ1n) is 15.0. The largest absolute Gasteiger partial charge is 0.464 e. The molecule has 0 bridgehead atoms. The summed E-state index contributed by atoms with van der Waals surface area (Å²) in [5.41, 5.74) is 8.73. The van der Waals surface area contributed by atoms with E-state index < -0.39 is 0 Å². The lowest BCUT2D eigenvalue weighted by Crippen LogP contribution is -2.33. The van der Waals surface area contributed by atoms with Crippen LogP contribution in [0, 0.1) is 0 Å². The van der Waals surface area contributed by atoms with Crippen molar-refractivity contribution in [3.05, 3.63) is 115 Å². The van der Waals surface area contributed by atoms with E-state index >= 15 is 0 Å². The fourth-order valence-corrected chi connectivity index (χ4v) is 7.78. The van der Waals surface area contributed by atoms with Crippen molar-refractivity contribution >= 4 is 77.0 Å². The second-order valence-corrected chi connectivity index (χ2v) is 11.9. The van der Waals surface area contributed by atoms with Gasteiger partial charge in [0, 0.05) is 55.9 Å². The Labute approximate surface area is 249 Å². The average Bonchev–Trinajstić information content (AvgIpc) is 3.90. The summed E-state index contributed by atoms with van der Waals surface area (Å²) >= 11 is 0. The van der Waals surface area contributed by atoms with Crippen LogP contribution in [0.1, 0.15) is 12.1 Å². The molecule has 10 aromatic rings. The van der Waals surface area contributed by atoms with Crippen LogP contribution < -0.4 is 4.57 Å². The lowest BCUT2D eigenvalue weighted by Gasteiger charge is -2.10. The SMILES string of the molecule is C1=C[n+]2ccc3cc4c(cc3c2CC1)c1c(-c2ccco2)cc(-c2ccco2)c2c3cc5oc6ccccc6c5cc3n4c12. The van der Waals surface area contributed by atoms with Gasteiger partial charge in [-0.15, -0.1) is 0 Å². The van der Waals surface area contributed by atoms with Crippen LogP contribution in [0.5, 0.6) is 0 Å². The summed E-state index contributed by atoms with van der Waals surface area (Å²) in [6.45, 7) is 0. The molecule has 7 heterocycles. The number of aromatic nitrogens is 2. The second-order valence-electron chi connectivity index (χ2n) is 11.9. The molecule has 4 aromatic carbocycles. The van der Waals surface area contributed by atoms with Crippen LogP contribution in [-0.2, 0) is 6.42 Å². The third-order valence-corrected chi connectivity index (χ3v) is 9.63. The number of nitrogens with zero attached hydrogens (tertiary/aromatic N) is 2. The van der Waals surface area contributed by atoms with Gasteiger partial charge in [-0.2, -0.15) is 4.57 Å². The Bertz CT molecular complexity index is 2810. The fraction of sp³-hybridized carbons (Fsp3) is 0.0513. The molecule has 0 aliphatic carbocycles. The van der Waals surface area contributed by atoms with E-state index in [1.54, 1.807) is 12.5 Å². The van der Waals surface area contributed by atoms with Crippen LogP contribution in [-0.4, -0.2) is 4.40 Å². The molecular weight excluding hydrogens is 544 g/mol. The molecule has 0 saturated carbocycles. The standard InChI is InChI=1S/C39H23N2O3/c1-2-9-35-23(7-1)25-20-32-27(21-36(25)44-35)38-29(34-11-6-16-43-34)19-28(33-10-5-15-42-33)37-26-18-24-22(17-31(26)41(32)39(37)38)12-14-40-13-4-3-8-30(24)40/h1-2,4-7,9-21H,3,8H2/q+1. The molecule has 1 aliphatic rings. The number of aryl methyl sites for hydroxylation is 1. The van der Waals surface area contributed by atoms with Gasteiger partial charge < -0.3 is 17.7 Å². The number of para-hydroxylation sites is 1. The van der Waals surface area contributed by atoms with Crippen molar-refractivity contribution < 1.29 is 17.8 Å². The van der Waals surface area contributed by atoms with Gasteiger partial charge in [-0.1, -0.05) is 18.2 Å². The van der Waals surface area contributed by atoms with Gasteiger partial charge in [0.1, 0.15) is 22.7 Å². The van der Waals surface area contributed by atoms with Crippen molar-refractivity contribution in [3.63, 3.8) is 0 Å². The van der Waals surface area contributed by atoms with E-state index in [4.69, 9.17) is 13.3 Å². The van der Waals surface area contributed by atoms with E-state index in [0.29, 0.717) is 0 Å². The summed E-state index contributed by atoms with van der Waals surface area (Å²) in [5.74, 6) is 1.66. The highest BCUT2D eigenvalue weighted by atomic mass is 16.3. The van der Waals surface area contributed by atoms with Crippen LogP contribution >= 0.6 is 0 Å². The van der Waals surface area contributed by atoms with Crippen LogP contribution in [0.2, 0.25) is 0 Å². The number of fused-ring (bicyclic) bond motifs is 12. The van der Waals surface area contributed by atoms with Crippen LogP contribution in [0.4, 0.5) is 0 Å². The maximum Gasteiger partial charge on any atom is 0.195 e. The number of allylic oxidation sites excluding steroid dienone is 1. The molecule has 5 nitrogen and oxygen atoms in total. The molecule has 0 N–H and O–H groups in total. The number of benzene rings is 4. The number of rotatable bonds is 2. The first kappa shape index (κ1) is 22.7. The van der Waals surface area contributed by atoms with Crippen LogP contribution in [0.3, 0.4) is 0 Å². The van der Waals surface area contributed by atoms with Crippen molar-refractivity contribution in [1.29, 1.82) is 0 Å². The summed E-state index contributed by atoms with van der Waals surface area (Å²) in [6.07, 6.45) is 12.2. The molecule has 0 unspecified atom stereocenters. The Balaban J connectivity index is 1.42. The second kappa shape index (κ2) is 7.97. The molecule has 0 saturated heterocycles. The van der Waals surface area contributed by atoms with Crippen molar-refractivity contribution in [2.75, 3.05) is 0 Å². The third-order valence-electron chi connectivity index (χ3n) is 9.63. The number of hydrogen-bond acceptors (Lipinski definition) is 3. The number of pyridine rings is 1. The first-order chi connectivity index (χ1) is 21.8. The zero-order valence-corrected chi connectivity index (χ0v) is 23.5. The molecule has 6 aromatic heterocycles. The highest BCUT2D eigenvalue weighted by Gasteiger charge is 2.28. The smallest absolute Gasteiger partial charge is 0.195 e. The minimum atomic E-state index is 0.825. The summed E-state index contributed by atoms with van der Waals surface area (Å²) in [4.78, 5) is 0. The van der Waals surface area contributed by atoms with E-state index in [0.717, 1.165) is 73.7 Å². The number of hydrogen-bond donors (Lipinski definition) is 0. The highest BCUT2D eigenvalue weighted by molar-refractivity contribution is 6.32. The van der Waals surface area contributed by atoms with Gasteiger partial charge in [0.2, 0.25) is 0 Å². The van der Waals surface area contributed by atoms with E-state index in [1.807, 2.05) is 30.3 Å². The summed E-state index contributed by atoms with van der Waals surface area (Å²) in [7, 11) is 0. The average molecular weight is 568 g/mol. The van der Waals surface area contributed by atoms with E-state index in [-0.39, 0.29) is 0 Å². The Morgan fingerprint density at radius 2 is 1.41 bits per heavy atom. The molecular formula is C39H23N2O3+. The van der Waals surface area contributed by atoms with E-state index in [9.17, 15) is 0 Å². The summed E-state index contributed by atoms with van der Waals surface area (Å²) < 4.78 is 23.3. The maximum absolute atomic E-state index is 6.40. The molecule has 0 radical (unpaired) electrons. The van der Waals surface area contributed by atoms with Gasteiger partial charge in [0.25, 0.3) is 0 Å². The Morgan fingerprint density at radius 3 is 2.20 bits per heavy atom. The molecule has 11 rings (SSSR count). The Hall–Kier alpha value is -5.81. The Morgan fingerprint density at radius 1 is 0.636 bits per heavy atom. The molecule has 0 spiro atoms. The van der Waals surface area contributed by atoms with Crippen molar-refractivity contribution in [2.24, 2.45) is 0 Å². The van der Waals surface area contributed by atoms with Gasteiger partial charge in [-0.05, 0) is 78.5 Å². The molecule has 44 heavy (non-hydrogen) atoms. The van der Waals surface area contributed by atoms with E-state index in [1.165, 1.54) is 38.3 Å². The molecule has 5 heteroatoms. The minimum absolute atomic E-state index is 0.825. The maximum atomic E-state index is 6.40. The predicted octanol–water partition coefficient (Wildman–Crippen LogP) is 10.1. The van der Waals surface area contributed by atoms with Gasteiger partial charge >= 0.3 is 0 Å². The van der Waals surface area contributed by atoms with Crippen molar-refractivity contribution in [3.8, 4) is 22.6 Å². The van der Waals surface area contributed by atoms with Crippen molar-refractivity contribution in [2.45, 2.75) is 12.8 Å². The van der Waals surface area contributed by atoms with E-state index in [2.05, 4.69) is 82.0 Å². The Kier molecular flexibility index (Phi) is 4.12. The lowest BCUT2D eigenvalue weighted by atomic mass is 9.94. The van der Waals surface area contributed by atoms with Crippen molar-refractivity contribution in [1.82, 2.24) is 4.40 Å². The van der Waals surface area contributed by atoms with Crippen LogP contribution in [0.15, 0.2) is 123 Å². The highest BCUT2D eigenvalue weighted by Crippen LogP contribution is 2.50.